The zero-order chi connectivity index (χ0) is 21.2. The maximum atomic E-state index is 12.8. The van der Waals surface area contributed by atoms with Crippen LogP contribution in [0, 0.1) is 6.92 Å². The number of furan rings is 1. The Bertz CT molecular complexity index is 1220. The summed E-state index contributed by atoms with van der Waals surface area (Å²) < 4.78 is 7.59. The number of nitrogens with zero attached hydrogens (tertiary/aromatic N) is 4. The monoisotopic (exact) mass is 419 g/mol. The van der Waals surface area contributed by atoms with Gasteiger partial charge < -0.3 is 14.3 Å². The minimum atomic E-state index is -0.0521. The van der Waals surface area contributed by atoms with E-state index in [0.29, 0.717) is 25.7 Å². The molecule has 0 radical (unpaired) electrons. The molecule has 1 aliphatic carbocycles. The van der Waals surface area contributed by atoms with E-state index < -0.39 is 0 Å². The lowest BCUT2D eigenvalue weighted by Crippen LogP contribution is -3.08. The van der Waals surface area contributed by atoms with Gasteiger partial charge in [0.05, 0.1) is 17.9 Å². The van der Waals surface area contributed by atoms with Crippen LogP contribution in [0.4, 0.5) is 0 Å². The van der Waals surface area contributed by atoms with Crippen molar-refractivity contribution >= 4 is 10.9 Å². The summed E-state index contributed by atoms with van der Waals surface area (Å²) >= 11 is 0. The van der Waals surface area contributed by atoms with Gasteiger partial charge in [0, 0.05) is 5.52 Å². The molecule has 0 amide bonds. The molecule has 3 aromatic heterocycles. The van der Waals surface area contributed by atoms with Crippen molar-refractivity contribution in [2.45, 2.75) is 58.3 Å². The number of aromatic nitrogens is 5. The Morgan fingerprint density at radius 1 is 1.16 bits per heavy atom. The van der Waals surface area contributed by atoms with Crippen molar-refractivity contribution in [3.05, 3.63) is 75.7 Å². The Morgan fingerprint density at radius 3 is 2.84 bits per heavy atom. The van der Waals surface area contributed by atoms with Crippen molar-refractivity contribution in [3.8, 4) is 0 Å². The van der Waals surface area contributed by atoms with Gasteiger partial charge in [0.2, 0.25) is 5.82 Å². The van der Waals surface area contributed by atoms with Gasteiger partial charge in [-0.1, -0.05) is 24.5 Å². The highest BCUT2D eigenvalue weighted by molar-refractivity contribution is 5.79. The van der Waals surface area contributed by atoms with E-state index in [1.54, 1.807) is 6.26 Å². The van der Waals surface area contributed by atoms with Crippen LogP contribution in [-0.2, 0) is 19.6 Å². The molecule has 1 aromatic carbocycles. The van der Waals surface area contributed by atoms with Crippen LogP contribution in [0.1, 0.15) is 54.4 Å². The van der Waals surface area contributed by atoms with Gasteiger partial charge in [-0.15, -0.1) is 5.10 Å². The Morgan fingerprint density at radius 2 is 2.03 bits per heavy atom. The van der Waals surface area contributed by atoms with E-state index in [4.69, 9.17) is 4.42 Å². The van der Waals surface area contributed by atoms with Gasteiger partial charge >= 0.3 is 0 Å². The number of benzene rings is 1. The van der Waals surface area contributed by atoms with Gasteiger partial charge in [0.1, 0.15) is 19.6 Å². The van der Waals surface area contributed by atoms with Crippen LogP contribution in [-0.4, -0.2) is 25.2 Å². The predicted octanol–water partition coefficient (Wildman–Crippen LogP) is 2.32. The number of H-pyrrole nitrogens is 1. The number of aryl methyl sites for hydroxylation is 1. The quantitative estimate of drug-likeness (QED) is 0.479. The number of fused-ring (bicyclic) bond motifs is 1. The normalized spacial score (nSPS) is 15.6. The van der Waals surface area contributed by atoms with Crippen LogP contribution < -0.4 is 10.5 Å². The zero-order valence-electron chi connectivity index (χ0n) is 17.7. The molecule has 31 heavy (non-hydrogen) atoms. The summed E-state index contributed by atoms with van der Waals surface area (Å²) in [6.45, 7) is 3.88. The standard InChI is InChI=1S/C23H26N6O2/c1-16-8-9-21-17(11-16)12-18(23(30)24-21)13-28(14-20-7-4-10-31-20)15-22-25-26-27-29(22)19-5-2-3-6-19/h4,7-12,19H,2-3,5-6,13-15H2,1H3,(H,24,30)/p+1. The summed E-state index contributed by atoms with van der Waals surface area (Å²) in [5.74, 6) is 1.74. The molecular weight excluding hydrogens is 392 g/mol. The first-order valence-electron chi connectivity index (χ1n) is 10.9. The van der Waals surface area contributed by atoms with Gasteiger partial charge in [-0.05, 0) is 65.9 Å². The summed E-state index contributed by atoms with van der Waals surface area (Å²) in [5.41, 5.74) is 2.72. The fourth-order valence-corrected chi connectivity index (χ4v) is 4.60. The van der Waals surface area contributed by atoms with E-state index in [0.717, 1.165) is 45.8 Å². The molecule has 1 saturated carbocycles. The summed E-state index contributed by atoms with van der Waals surface area (Å²) in [4.78, 5) is 17.0. The molecule has 0 bridgehead atoms. The minimum absolute atomic E-state index is 0.0521. The molecule has 160 valence electrons. The second-order valence-electron chi connectivity index (χ2n) is 8.55. The lowest BCUT2D eigenvalue weighted by molar-refractivity contribution is -0.942. The highest BCUT2D eigenvalue weighted by atomic mass is 16.3. The number of pyridine rings is 1. The predicted molar refractivity (Wildman–Crippen MR) is 115 cm³/mol. The molecule has 3 heterocycles. The van der Waals surface area contributed by atoms with Crippen LogP contribution in [0.25, 0.3) is 10.9 Å². The lowest BCUT2D eigenvalue weighted by Gasteiger charge is -2.19. The SMILES string of the molecule is Cc1ccc2[nH]c(=O)c(C[NH+](Cc3ccco3)Cc3nnnn3C3CCCC3)cc2c1. The van der Waals surface area contributed by atoms with E-state index in [9.17, 15) is 4.79 Å². The van der Waals surface area contributed by atoms with Crippen LogP contribution >= 0.6 is 0 Å². The summed E-state index contributed by atoms with van der Waals surface area (Å²) in [6.07, 6.45) is 6.36. The summed E-state index contributed by atoms with van der Waals surface area (Å²) in [7, 11) is 0. The third kappa shape index (κ3) is 4.29. The number of quaternary nitrogens is 1. The molecule has 1 unspecified atom stereocenters. The van der Waals surface area contributed by atoms with Crippen molar-refractivity contribution in [3.63, 3.8) is 0 Å². The van der Waals surface area contributed by atoms with E-state index in [-0.39, 0.29) is 5.56 Å². The van der Waals surface area contributed by atoms with E-state index >= 15 is 0 Å². The van der Waals surface area contributed by atoms with Crippen LogP contribution in [0.2, 0.25) is 0 Å². The molecule has 0 aliphatic heterocycles. The van der Waals surface area contributed by atoms with Crippen molar-refractivity contribution in [2.75, 3.05) is 0 Å². The molecule has 1 fully saturated rings. The van der Waals surface area contributed by atoms with Crippen molar-refractivity contribution in [1.82, 2.24) is 25.2 Å². The maximum Gasteiger partial charge on any atom is 0.257 e. The van der Waals surface area contributed by atoms with E-state index in [1.165, 1.54) is 18.4 Å². The van der Waals surface area contributed by atoms with Crippen LogP contribution in [0.15, 0.2) is 51.9 Å². The molecule has 4 aromatic rings. The Kier molecular flexibility index (Phi) is 5.38. The van der Waals surface area contributed by atoms with Gasteiger partial charge in [0.25, 0.3) is 5.56 Å². The molecule has 8 heteroatoms. The lowest BCUT2D eigenvalue weighted by atomic mass is 10.1. The Labute approximate surface area is 179 Å². The van der Waals surface area contributed by atoms with Gasteiger partial charge in [-0.2, -0.15) is 0 Å². The number of hydrogen-bond acceptors (Lipinski definition) is 5. The number of tetrazole rings is 1. The number of hydrogen-bond donors (Lipinski definition) is 2. The smallest absolute Gasteiger partial charge is 0.257 e. The molecule has 2 N–H and O–H groups in total. The van der Waals surface area contributed by atoms with Crippen molar-refractivity contribution < 1.29 is 9.32 Å². The molecule has 0 spiro atoms. The maximum absolute atomic E-state index is 12.8. The average molecular weight is 420 g/mol. The fraction of sp³-hybridized carbons (Fsp3) is 0.391. The minimum Gasteiger partial charge on any atom is -0.463 e. The number of aromatic amines is 1. The molecule has 5 rings (SSSR count). The third-order valence-corrected chi connectivity index (χ3v) is 6.16. The van der Waals surface area contributed by atoms with Crippen molar-refractivity contribution in [2.24, 2.45) is 0 Å². The third-order valence-electron chi connectivity index (χ3n) is 6.16. The summed E-state index contributed by atoms with van der Waals surface area (Å²) in [5, 5.41) is 13.6. The van der Waals surface area contributed by atoms with Crippen LogP contribution in [0.5, 0.6) is 0 Å². The Balaban J connectivity index is 1.44. The van der Waals surface area contributed by atoms with Gasteiger partial charge in [-0.25, -0.2) is 4.68 Å². The number of nitrogens with one attached hydrogen (secondary N) is 2. The molecular formula is C23H27N6O2+. The number of rotatable bonds is 7. The second kappa shape index (κ2) is 8.47. The second-order valence-corrected chi connectivity index (χ2v) is 8.55. The van der Waals surface area contributed by atoms with Gasteiger partial charge in [0.15, 0.2) is 5.76 Å². The first-order valence-corrected chi connectivity index (χ1v) is 10.9. The fourth-order valence-electron chi connectivity index (χ4n) is 4.60. The summed E-state index contributed by atoms with van der Waals surface area (Å²) in [6, 6.07) is 12.3. The molecule has 1 atom stereocenters. The van der Waals surface area contributed by atoms with E-state index in [1.807, 2.05) is 35.0 Å². The average Bonchev–Trinajstić information content (AvgIpc) is 3.51. The van der Waals surface area contributed by atoms with Gasteiger partial charge in [-0.3, -0.25) is 4.79 Å². The highest BCUT2D eigenvalue weighted by Gasteiger charge is 2.25. The van der Waals surface area contributed by atoms with Crippen LogP contribution in [0.3, 0.4) is 0 Å². The molecule has 8 nitrogen and oxygen atoms in total. The molecule has 1 aliphatic rings. The van der Waals surface area contributed by atoms with Crippen molar-refractivity contribution in [1.29, 1.82) is 0 Å². The largest absolute Gasteiger partial charge is 0.463 e. The Hall–Kier alpha value is -3.26. The highest BCUT2D eigenvalue weighted by Crippen LogP contribution is 2.28. The molecule has 0 saturated heterocycles. The van der Waals surface area contributed by atoms with E-state index in [2.05, 4.69) is 33.5 Å². The topological polar surface area (TPSA) is 94.0 Å². The first-order chi connectivity index (χ1) is 15.2. The zero-order valence-corrected chi connectivity index (χ0v) is 17.7. The first kappa shape index (κ1) is 19.7.